The van der Waals surface area contributed by atoms with E-state index < -0.39 is 5.60 Å². The number of alkyl carbamates (subject to hydrolysis) is 1. The van der Waals surface area contributed by atoms with Gasteiger partial charge in [0.2, 0.25) is 0 Å². The van der Waals surface area contributed by atoms with Crippen LogP contribution in [-0.4, -0.2) is 22.8 Å². The van der Waals surface area contributed by atoms with E-state index in [2.05, 4.69) is 5.32 Å². The number of nitrogens with two attached hydrogens (primary N) is 1. The smallest absolute Gasteiger partial charge is 0.408 e. The quantitative estimate of drug-likeness (QED) is 0.813. The molecule has 0 aromatic carbocycles. The Bertz CT molecular complexity index is 361. The number of hydrogen-bond donors (Lipinski definition) is 2. The van der Waals surface area contributed by atoms with Gasteiger partial charge in [0.05, 0.1) is 5.54 Å². The summed E-state index contributed by atoms with van der Waals surface area (Å²) in [6, 6.07) is 0. The molecule has 0 bridgehead atoms. The van der Waals surface area contributed by atoms with Crippen molar-refractivity contribution >= 4 is 6.09 Å². The van der Waals surface area contributed by atoms with E-state index in [1.807, 2.05) is 20.8 Å². The molecule has 2 aliphatic rings. The average Bonchev–Trinajstić information content (AvgIpc) is 2.38. The molecule has 0 atom stereocenters. The van der Waals surface area contributed by atoms with Crippen LogP contribution in [0.1, 0.15) is 85.0 Å². The molecule has 0 saturated heterocycles. The van der Waals surface area contributed by atoms with Gasteiger partial charge in [0.25, 0.3) is 0 Å². The molecule has 2 fully saturated rings. The molecule has 4 heteroatoms. The Hall–Kier alpha value is -0.770. The fourth-order valence-corrected chi connectivity index (χ4v) is 4.06. The lowest BCUT2D eigenvalue weighted by molar-refractivity contribution is 0.0245. The second kappa shape index (κ2) is 6.15. The topological polar surface area (TPSA) is 64.3 Å². The predicted octanol–water partition coefficient (Wildman–Crippen LogP) is 3.88. The first kappa shape index (κ1) is 16.6. The molecule has 4 nitrogen and oxygen atoms in total. The number of hydrogen-bond acceptors (Lipinski definition) is 3. The van der Waals surface area contributed by atoms with Crippen LogP contribution in [0.15, 0.2) is 0 Å². The van der Waals surface area contributed by atoms with Gasteiger partial charge < -0.3 is 15.8 Å². The number of ether oxygens (including phenoxy) is 1. The Kier molecular flexibility index (Phi) is 4.86. The summed E-state index contributed by atoms with van der Waals surface area (Å²) in [6.45, 7) is 5.71. The van der Waals surface area contributed by atoms with Crippen LogP contribution in [0.25, 0.3) is 0 Å². The molecule has 0 unspecified atom stereocenters. The van der Waals surface area contributed by atoms with E-state index in [1.165, 1.54) is 25.7 Å². The van der Waals surface area contributed by atoms with Gasteiger partial charge in [-0.05, 0) is 46.5 Å². The summed E-state index contributed by atoms with van der Waals surface area (Å²) in [5, 5.41) is 3.21. The summed E-state index contributed by atoms with van der Waals surface area (Å²) in [5.74, 6) is 0. The van der Waals surface area contributed by atoms with E-state index >= 15 is 0 Å². The first-order chi connectivity index (χ1) is 9.77. The van der Waals surface area contributed by atoms with Crippen LogP contribution in [0.3, 0.4) is 0 Å². The van der Waals surface area contributed by atoms with Gasteiger partial charge in [0, 0.05) is 5.54 Å². The number of amides is 1. The fraction of sp³-hybridized carbons (Fsp3) is 0.941. The molecule has 0 spiro atoms. The van der Waals surface area contributed by atoms with Crippen LogP contribution in [0.4, 0.5) is 4.79 Å². The van der Waals surface area contributed by atoms with Crippen LogP contribution >= 0.6 is 0 Å². The van der Waals surface area contributed by atoms with Crippen molar-refractivity contribution in [2.45, 2.75) is 102 Å². The lowest BCUT2D eigenvalue weighted by Gasteiger charge is -2.52. The molecule has 3 N–H and O–H groups in total. The van der Waals surface area contributed by atoms with Crippen molar-refractivity contribution < 1.29 is 9.53 Å². The lowest BCUT2D eigenvalue weighted by atomic mass is 9.62. The molecule has 0 heterocycles. The van der Waals surface area contributed by atoms with E-state index in [0.29, 0.717) is 0 Å². The van der Waals surface area contributed by atoms with Gasteiger partial charge in [0.1, 0.15) is 5.60 Å². The number of nitrogens with one attached hydrogen (secondary N) is 1. The highest BCUT2D eigenvalue weighted by molar-refractivity contribution is 5.69. The van der Waals surface area contributed by atoms with Gasteiger partial charge in [-0.15, -0.1) is 0 Å². The molecule has 0 aromatic heterocycles. The van der Waals surface area contributed by atoms with Gasteiger partial charge in [-0.25, -0.2) is 4.79 Å². The van der Waals surface area contributed by atoms with E-state index in [4.69, 9.17) is 10.5 Å². The SMILES string of the molecule is CC(C)(C)OC(=O)NC1(C2(N)CCCCC2)CCCCC1. The second-order valence-electron chi connectivity index (χ2n) is 7.99. The zero-order valence-corrected chi connectivity index (χ0v) is 14.0. The van der Waals surface area contributed by atoms with Crippen LogP contribution in [0.2, 0.25) is 0 Å². The molecule has 2 saturated carbocycles. The van der Waals surface area contributed by atoms with Gasteiger partial charge in [-0.3, -0.25) is 0 Å². The minimum Gasteiger partial charge on any atom is -0.444 e. The average molecular weight is 296 g/mol. The molecule has 0 aliphatic heterocycles. The third kappa shape index (κ3) is 3.91. The first-order valence-electron chi connectivity index (χ1n) is 8.57. The Morgan fingerprint density at radius 2 is 1.43 bits per heavy atom. The second-order valence-corrected chi connectivity index (χ2v) is 7.99. The maximum atomic E-state index is 12.3. The molecular formula is C17H32N2O2. The van der Waals surface area contributed by atoms with Crippen molar-refractivity contribution in [2.24, 2.45) is 5.73 Å². The number of rotatable bonds is 2. The minimum atomic E-state index is -0.464. The van der Waals surface area contributed by atoms with E-state index in [9.17, 15) is 4.79 Å². The highest BCUT2D eigenvalue weighted by atomic mass is 16.6. The Balaban J connectivity index is 2.15. The van der Waals surface area contributed by atoms with Crippen LogP contribution in [0, 0.1) is 0 Å². The summed E-state index contributed by atoms with van der Waals surface area (Å²) in [5.41, 5.74) is 5.82. The molecular weight excluding hydrogens is 264 g/mol. The highest BCUT2D eigenvalue weighted by Gasteiger charge is 2.50. The number of carbonyl (C=O) groups is 1. The Morgan fingerprint density at radius 3 is 1.90 bits per heavy atom. The molecule has 1 amide bonds. The maximum Gasteiger partial charge on any atom is 0.408 e. The van der Waals surface area contributed by atoms with Crippen molar-refractivity contribution in [1.29, 1.82) is 0 Å². The molecule has 0 radical (unpaired) electrons. The molecule has 122 valence electrons. The fourth-order valence-electron chi connectivity index (χ4n) is 4.06. The lowest BCUT2D eigenvalue weighted by Crippen LogP contribution is -2.70. The van der Waals surface area contributed by atoms with Crippen molar-refractivity contribution in [1.82, 2.24) is 5.32 Å². The number of carbonyl (C=O) groups excluding carboxylic acids is 1. The Labute approximate surface area is 129 Å². The summed E-state index contributed by atoms with van der Waals surface area (Å²) < 4.78 is 5.50. The van der Waals surface area contributed by atoms with Crippen molar-refractivity contribution in [3.8, 4) is 0 Å². The maximum absolute atomic E-state index is 12.3. The highest BCUT2D eigenvalue weighted by Crippen LogP contribution is 2.43. The third-order valence-corrected chi connectivity index (χ3v) is 5.15. The summed E-state index contributed by atoms with van der Waals surface area (Å²) >= 11 is 0. The monoisotopic (exact) mass is 296 g/mol. The standard InChI is InChI=1S/C17H32N2O2/c1-15(2,3)21-14(20)19-17(12-8-5-9-13-17)16(18)10-6-4-7-11-16/h4-13,18H2,1-3H3,(H,19,20). The summed E-state index contributed by atoms with van der Waals surface area (Å²) in [7, 11) is 0. The van der Waals surface area contributed by atoms with Crippen LogP contribution < -0.4 is 11.1 Å². The minimum absolute atomic E-state index is 0.261. The zero-order valence-electron chi connectivity index (χ0n) is 14.0. The van der Waals surface area contributed by atoms with E-state index in [-0.39, 0.29) is 17.2 Å². The third-order valence-electron chi connectivity index (χ3n) is 5.15. The molecule has 0 aromatic rings. The Morgan fingerprint density at radius 1 is 0.952 bits per heavy atom. The zero-order chi connectivity index (χ0) is 15.6. The first-order valence-corrected chi connectivity index (χ1v) is 8.57. The largest absolute Gasteiger partial charge is 0.444 e. The molecule has 21 heavy (non-hydrogen) atoms. The summed E-state index contributed by atoms with van der Waals surface area (Å²) in [6.07, 6.45) is 10.9. The molecule has 2 aliphatic carbocycles. The van der Waals surface area contributed by atoms with Gasteiger partial charge in [-0.2, -0.15) is 0 Å². The predicted molar refractivity (Wildman–Crippen MR) is 85.2 cm³/mol. The van der Waals surface area contributed by atoms with E-state index in [1.54, 1.807) is 0 Å². The molecule has 2 rings (SSSR count). The normalized spacial score (nSPS) is 25.1. The van der Waals surface area contributed by atoms with Crippen molar-refractivity contribution in [3.05, 3.63) is 0 Å². The van der Waals surface area contributed by atoms with E-state index in [0.717, 1.165) is 38.5 Å². The summed E-state index contributed by atoms with van der Waals surface area (Å²) in [4.78, 5) is 12.3. The van der Waals surface area contributed by atoms with Crippen LogP contribution in [0.5, 0.6) is 0 Å². The van der Waals surface area contributed by atoms with Crippen molar-refractivity contribution in [2.75, 3.05) is 0 Å². The van der Waals surface area contributed by atoms with Gasteiger partial charge in [0.15, 0.2) is 0 Å². The van der Waals surface area contributed by atoms with Gasteiger partial charge in [-0.1, -0.05) is 38.5 Å². The van der Waals surface area contributed by atoms with Crippen molar-refractivity contribution in [3.63, 3.8) is 0 Å². The van der Waals surface area contributed by atoms with Crippen LogP contribution in [-0.2, 0) is 4.74 Å². The van der Waals surface area contributed by atoms with Gasteiger partial charge >= 0.3 is 6.09 Å².